The second-order valence-corrected chi connectivity index (χ2v) is 6.37. The van der Waals surface area contributed by atoms with E-state index in [9.17, 15) is 18.7 Å². The summed E-state index contributed by atoms with van der Waals surface area (Å²) in [5.74, 6) is -1.38. The molecule has 1 aromatic rings. The molecule has 6 heteroatoms. The molecule has 1 fully saturated rings. The second-order valence-electron chi connectivity index (χ2n) is 5.20. The molecule has 0 saturated heterocycles. The van der Waals surface area contributed by atoms with Gasteiger partial charge in [0.25, 0.3) is 0 Å². The molecule has 0 aromatic heterocycles. The Kier molecular flexibility index (Phi) is 5.99. The van der Waals surface area contributed by atoms with Gasteiger partial charge in [-0.1, -0.05) is 12.8 Å². The minimum absolute atomic E-state index is 0.115. The van der Waals surface area contributed by atoms with E-state index in [1.54, 1.807) is 0 Å². The zero-order chi connectivity index (χ0) is 15.2. The van der Waals surface area contributed by atoms with E-state index in [1.165, 1.54) is 17.8 Å². The van der Waals surface area contributed by atoms with Crippen LogP contribution in [-0.2, 0) is 4.79 Å². The summed E-state index contributed by atoms with van der Waals surface area (Å²) in [6.07, 6.45) is 3.39. The molecular formula is C15H19F2NO2S. The lowest BCUT2D eigenvalue weighted by Gasteiger charge is -2.28. The third-order valence-electron chi connectivity index (χ3n) is 3.56. The Morgan fingerprint density at radius 3 is 2.76 bits per heavy atom. The number of aliphatic hydroxyl groups excluding tert-OH is 1. The van der Waals surface area contributed by atoms with Gasteiger partial charge in [-0.25, -0.2) is 8.78 Å². The number of nitrogens with one attached hydrogen (secondary N) is 1. The van der Waals surface area contributed by atoms with E-state index in [0.29, 0.717) is 10.6 Å². The minimum atomic E-state index is -0.880. The van der Waals surface area contributed by atoms with Crippen molar-refractivity contribution in [2.75, 3.05) is 5.75 Å². The number of amides is 1. The SMILES string of the molecule is O=C(CCSc1ccc(F)c(F)c1)N[C@H]1CCCC[C@@H]1O. The first-order chi connectivity index (χ1) is 10.1. The third-order valence-corrected chi connectivity index (χ3v) is 4.56. The molecule has 0 unspecified atom stereocenters. The number of hydrogen-bond acceptors (Lipinski definition) is 3. The molecule has 0 radical (unpaired) electrons. The van der Waals surface area contributed by atoms with Crippen LogP contribution in [0.15, 0.2) is 23.1 Å². The van der Waals surface area contributed by atoms with Crippen LogP contribution in [0.25, 0.3) is 0 Å². The number of carbonyl (C=O) groups is 1. The number of halogens is 2. The molecule has 1 amide bonds. The number of rotatable bonds is 5. The molecule has 21 heavy (non-hydrogen) atoms. The quantitative estimate of drug-likeness (QED) is 0.822. The summed E-state index contributed by atoms with van der Waals surface area (Å²) in [4.78, 5) is 12.4. The maximum absolute atomic E-state index is 13.0. The van der Waals surface area contributed by atoms with Crippen molar-refractivity contribution < 1.29 is 18.7 Å². The number of aliphatic hydroxyl groups is 1. The largest absolute Gasteiger partial charge is 0.391 e. The second kappa shape index (κ2) is 7.75. The van der Waals surface area contributed by atoms with Gasteiger partial charge >= 0.3 is 0 Å². The molecule has 116 valence electrons. The van der Waals surface area contributed by atoms with Crippen LogP contribution in [0.2, 0.25) is 0 Å². The van der Waals surface area contributed by atoms with Gasteiger partial charge in [0, 0.05) is 17.1 Å². The molecule has 0 spiro atoms. The summed E-state index contributed by atoms with van der Waals surface area (Å²) in [7, 11) is 0. The molecule has 0 heterocycles. The summed E-state index contributed by atoms with van der Waals surface area (Å²) in [6.45, 7) is 0. The highest BCUT2D eigenvalue weighted by atomic mass is 32.2. The first kappa shape index (κ1) is 16.2. The van der Waals surface area contributed by atoms with Crippen molar-refractivity contribution in [2.24, 2.45) is 0 Å². The molecule has 2 rings (SSSR count). The van der Waals surface area contributed by atoms with Crippen LogP contribution in [0.4, 0.5) is 8.78 Å². The molecule has 3 nitrogen and oxygen atoms in total. The fraction of sp³-hybridized carbons (Fsp3) is 0.533. The summed E-state index contributed by atoms with van der Waals surface area (Å²) in [6, 6.07) is 3.55. The maximum Gasteiger partial charge on any atom is 0.221 e. The van der Waals surface area contributed by atoms with Crippen molar-refractivity contribution in [3.63, 3.8) is 0 Å². The predicted octanol–water partition coefficient (Wildman–Crippen LogP) is 2.87. The monoisotopic (exact) mass is 315 g/mol. The van der Waals surface area contributed by atoms with Crippen molar-refractivity contribution in [3.8, 4) is 0 Å². The normalized spacial score (nSPS) is 22.0. The summed E-state index contributed by atoms with van der Waals surface area (Å²) < 4.78 is 25.8. The first-order valence-electron chi connectivity index (χ1n) is 7.11. The van der Waals surface area contributed by atoms with E-state index < -0.39 is 17.7 Å². The van der Waals surface area contributed by atoms with E-state index >= 15 is 0 Å². The molecule has 2 N–H and O–H groups in total. The topological polar surface area (TPSA) is 49.3 Å². The van der Waals surface area contributed by atoms with Crippen LogP contribution >= 0.6 is 11.8 Å². The van der Waals surface area contributed by atoms with Gasteiger partial charge in [0.2, 0.25) is 5.91 Å². The predicted molar refractivity (Wildman–Crippen MR) is 78.1 cm³/mol. The van der Waals surface area contributed by atoms with Crippen LogP contribution in [-0.4, -0.2) is 28.9 Å². The standard InChI is InChI=1S/C15H19F2NO2S/c16-11-6-5-10(9-12(11)17)21-8-7-15(20)18-13-3-1-2-4-14(13)19/h5-6,9,13-14,19H,1-4,7-8H2,(H,18,20)/t13-,14-/m0/s1. The summed E-state index contributed by atoms with van der Waals surface area (Å²) in [5, 5.41) is 12.6. The van der Waals surface area contributed by atoms with E-state index in [4.69, 9.17) is 0 Å². The highest BCUT2D eigenvalue weighted by Crippen LogP contribution is 2.22. The molecule has 0 bridgehead atoms. The van der Waals surface area contributed by atoms with Gasteiger partial charge in [-0.2, -0.15) is 0 Å². The van der Waals surface area contributed by atoms with Crippen molar-refractivity contribution in [1.82, 2.24) is 5.32 Å². The zero-order valence-electron chi connectivity index (χ0n) is 11.6. The van der Waals surface area contributed by atoms with E-state index in [0.717, 1.165) is 37.8 Å². The number of benzene rings is 1. The van der Waals surface area contributed by atoms with E-state index in [-0.39, 0.29) is 18.4 Å². The van der Waals surface area contributed by atoms with Gasteiger partial charge in [-0.05, 0) is 31.0 Å². The Balaban J connectivity index is 1.72. The molecular weight excluding hydrogens is 296 g/mol. The molecule has 1 aliphatic carbocycles. The third kappa shape index (κ3) is 4.97. The Hall–Kier alpha value is -1.14. The number of thioether (sulfide) groups is 1. The Bertz CT molecular complexity index is 499. The van der Waals surface area contributed by atoms with Gasteiger partial charge < -0.3 is 10.4 Å². The Morgan fingerprint density at radius 1 is 1.29 bits per heavy atom. The van der Waals surface area contributed by atoms with Crippen LogP contribution < -0.4 is 5.32 Å². The Labute approximate surface area is 127 Å². The summed E-state index contributed by atoms with van der Waals surface area (Å²) in [5.41, 5.74) is 0. The lowest BCUT2D eigenvalue weighted by atomic mass is 9.92. The lowest BCUT2D eigenvalue weighted by Crippen LogP contribution is -2.45. The van der Waals surface area contributed by atoms with Crippen molar-refractivity contribution >= 4 is 17.7 Å². The van der Waals surface area contributed by atoms with Crippen molar-refractivity contribution in [1.29, 1.82) is 0 Å². The van der Waals surface area contributed by atoms with Crippen LogP contribution in [0.5, 0.6) is 0 Å². The molecule has 2 atom stereocenters. The fourth-order valence-electron chi connectivity index (χ4n) is 2.39. The average Bonchev–Trinajstić information content (AvgIpc) is 2.45. The molecule has 1 aliphatic rings. The van der Waals surface area contributed by atoms with Gasteiger partial charge in [-0.15, -0.1) is 11.8 Å². The Morgan fingerprint density at radius 2 is 2.05 bits per heavy atom. The summed E-state index contributed by atoms with van der Waals surface area (Å²) >= 11 is 1.30. The van der Waals surface area contributed by atoms with Crippen LogP contribution in [0.1, 0.15) is 32.1 Å². The van der Waals surface area contributed by atoms with Gasteiger partial charge in [-0.3, -0.25) is 4.79 Å². The number of carbonyl (C=O) groups excluding carboxylic acids is 1. The van der Waals surface area contributed by atoms with Crippen LogP contribution in [0, 0.1) is 11.6 Å². The fourth-order valence-corrected chi connectivity index (χ4v) is 3.26. The molecule has 1 saturated carbocycles. The maximum atomic E-state index is 13.0. The van der Waals surface area contributed by atoms with Crippen molar-refractivity contribution in [3.05, 3.63) is 29.8 Å². The van der Waals surface area contributed by atoms with Crippen molar-refractivity contribution in [2.45, 2.75) is 49.1 Å². The molecule has 0 aliphatic heterocycles. The van der Waals surface area contributed by atoms with Crippen LogP contribution in [0.3, 0.4) is 0 Å². The lowest BCUT2D eigenvalue weighted by molar-refractivity contribution is -0.122. The zero-order valence-corrected chi connectivity index (χ0v) is 12.5. The highest BCUT2D eigenvalue weighted by Gasteiger charge is 2.24. The van der Waals surface area contributed by atoms with E-state index in [2.05, 4.69) is 5.32 Å². The molecule has 1 aromatic carbocycles. The van der Waals surface area contributed by atoms with Gasteiger partial charge in [0.1, 0.15) is 0 Å². The number of hydrogen-bond donors (Lipinski definition) is 2. The first-order valence-corrected chi connectivity index (χ1v) is 8.10. The van der Waals surface area contributed by atoms with Gasteiger partial charge in [0.15, 0.2) is 11.6 Å². The highest BCUT2D eigenvalue weighted by molar-refractivity contribution is 7.99. The minimum Gasteiger partial charge on any atom is -0.391 e. The smallest absolute Gasteiger partial charge is 0.221 e. The van der Waals surface area contributed by atoms with Gasteiger partial charge in [0.05, 0.1) is 12.1 Å². The van der Waals surface area contributed by atoms with E-state index in [1.807, 2.05) is 0 Å². The average molecular weight is 315 g/mol.